The van der Waals surface area contributed by atoms with Crippen LogP contribution >= 0.6 is 11.6 Å². The van der Waals surface area contributed by atoms with Gasteiger partial charge in [0.15, 0.2) is 5.78 Å². The van der Waals surface area contributed by atoms with E-state index in [-0.39, 0.29) is 23.0 Å². The van der Waals surface area contributed by atoms with Gasteiger partial charge in [0.25, 0.3) is 0 Å². The van der Waals surface area contributed by atoms with Crippen molar-refractivity contribution in [2.75, 3.05) is 0 Å². The van der Waals surface area contributed by atoms with Gasteiger partial charge < -0.3 is 9.13 Å². The summed E-state index contributed by atoms with van der Waals surface area (Å²) in [5.41, 5.74) is 2.22. The number of rotatable bonds is 3. The van der Waals surface area contributed by atoms with Crippen LogP contribution in [0.4, 0.5) is 4.39 Å². The van der Waals surface area contributed by atoms with Crippen molar-refractivity contribution in [2.24, 2.45) is 7.05 Å². The van der Waals surface area contributed by atoms with Crippen LogP contribution < -0.4 is 5.62 Å². The molecule has 6 heteroatoms. The van der Waals surface area contributed by atoms with E-state index in [1.807, 2.05) is 24.3 Å². The number of benzene rings is 2. The maximum absolute atomic E-state index is 13.2. The van der Waals surface area contributed by atoms with Gasteiger partial charge in [0.1, 0.15) is 5.82 Å². The van der Waals surface area contributed by atoms with Crippen molar-refractivity contribution in [3.8, 4) is 0 Å². The van der Waals surface area contributed by atoms with Crippen molar-refractivity contribution in [2.45, 2.75) is 6.54 Å². The maximum Gasteiger partial charge on any atom is 0.203 e. The van der Waals surface area contributed by atoms with Crippen LogP contribution in [0.15, 0.2) is 42.5 Å². The number of hydrogen-bond acceptors (Lipinski definition) is 2. The summed E-state index contributed by atoms with van der Waals surface area (Å²) in [6.07, 6.45) is 0. The molecule has 0 unspecified atom stereocenters. The zero-order valence-electron chi connectivity index (χ0n) is 11.8. The zero-order chi connectivity index (χ0) is 15.9. The smallest absolute Gasteiger partial charge is 0.203 e. The number of hydrogen-bond donors (Lipinski definition) is 1. The highest BCUT2D eigenvalue weighted by Gasteiger charge is 2.14. The summed E-state index contributed by atoms with van der Waals surface area (Å²) in [5.74, 6) is -0.783. The number of imidazole rings is 1. The van der Waals surface area contributed by atoms with E-state index < -0.39 is 5.82 Å². The molecule has 1 N–H and O–H groups in total. The number of carbonyl (C=O) groups is 1. The number of aromatic nitrogens is 2. The molecule has 4 nitrogen and oxygen atoms in total. The Labute approximate surface area is 130 Å². The van der Waals surface area contributed by atoms with Gasteiger partial charge in [-0.15, -0.1) is 0 Å². The monoisotopic (exact) mass is 317 g/mol. The van der Waals surface area contributed by atoms with Crippen molar-refractivity contribution >= 4 is 28.4 Å². The van der Waals surface area contributed by atoms with Gasteiger partial charge in [-0.2, -0.15) is 0 Å². The number of carbonyl (C=O) groups excluding carboxylic acids is 1. The molecule has 0 atom stereocenters. The summed E-state index contributed by atoms with van der Waals surface area (Å²) in [7, 11) is 1.78. The molecular weight excluding hydrogens is 305 g/mol. The SMILES string of the molecule is Cn1c(=N)n(CC(=O)c2ccc(F)c(Cl)c2)c2ccccc21. The van der Waals surface area contributed by atoms with E-state index >= 15 is 0 Å². The van der Waals surface area contributed by atoms with Crippen LogP contribution in [-0.2, 0) is 13.6 Å². The Balaban J connectivity index is 2.03. The number of fused-ring (bicyclic) bond motifs is 1. The van der Waals surface area contributed by atoms with Gasteiger partial charge >= 0.3 is 0 Å². The number of Topliss-reactive ketones (excluding diaryl/α,β-unsaturated/α-hetero) is 1. The lowest BCUT2D eigenvalue weighted by molar-refractivity contribution is 0.0971. The second-order valence-electron chi connectivity index (χ2n) is 5.01. The van der Waals surface area contributed by atoms with E-state index in [9.17, 15) is 9.18 Å². The summed E-state index contributed by atoms with van der Waals surface area (Å²) in [4.78, 5) is 12.4. The van der Waals surface area contributed by atoms with Gasteiger partial charge in [-0.3, -0.25) is 10.2 Å². The number of halogens is 2. The van der Waals surface area contributed by atoms with Gasteiger partial charge in [0.2, 0.25) is 5.62 Å². The van der Waals surface area contributed by atoms with E-state index in [0.717, 1.165) is 11.0 Å². The number of ketones is 1. The lowest BCUT2D eigenvalue weighted by Crippen LogP contribution is -2.25. The van der Waals surface area contributed by atoms with Crippen LogP contribution in [0, 0.1) is 11.2 Å². The molecule has 112 valence electrons. The van der Waals surface area contributed by atoms with Crippen LogP contribution in [0.1, 0.15) is 10.4 Å². The van der Waals surface area contributed by atoms with Gasteiger partial charge in [-0.25, -0.2) is 4.39 Å². The number of nitrogens with one attached hydrogen (secondary N) is 1. The van der Waals surface area contributed by atoms with E-state index in [1.165, 1.54) is 18.2 Å². The van der Waals surface area contributed by atoms with Crippen molar-refractivity contribution in [1.82, 2.24) is 9.13 Å². The highest BCUT2D eigenvalue weighted by Crippen LogP contribution is 2.17. The standard InChI is InChI=1S/C16H13ClFN3O/c1-20-13-4-2-3-5-14(13)21(16(20)19)9-15(22)10-6-7-12(18)11(17)8-10/h2-8,19H,9H2,1H3. The van der Waals surface area contributed by atoms with Crippen LogP contribution in [0.2, 0.25) is 5.02 Å². The first-order valence-corrected chi connectivity index (χ1v) is 7.04. The molecule has 0 amide bonds. The third kappa shape index (κ3) is 2.33. The molecule has 0 spiro atoms. The molecule has 0 aliphatic carbocycles. The molecule has 0 radical (unpaired) electrons. The minimum absolute atomic E-state index is 0.00213. The number of para-hydroxylation sites is 2. The van der Waals surface area contributed by atoms with E-state index in [4.69, 9.17) is 17.0 Å². The quantitative estimate of drug-likeness (QED) is 0.741. The van der Waals surface area contributed by atoms with Crippen LogP contribution in [-0.4, -0.2) is 14.9 Å². The van der Waals surface area contributed by atoms with Crippen molar-refractivity contribution in [3.05, 3.63) is 64.5 Å². The lowest BCUT2D eigenvalue weighted by atomic mass is 10.1. The minimum atomic E-state index is -0.558. The molecule has 0 aliphatic heterocycles. The topological polar surface area (TPSA) is 50.8 Å². The van der Waals surface area contributed by atoms with Gasteiger partial charge in [0.05, 0.1) is 22.6 Å². The molecular formula is C16H13ClFN3O. The molecule has 3 aromatic rings. The first-order valence-electron chi connectivity index (χ1n) is 6.66. The summed E-state index contributed by atoms with van der Waals surface area (Å²) in [6, 6.07) is 11.4. The largest absolute Gasteiger partial charge is 0.313 e. The fourth-order valence-electron chi connectivity index (χ4n) is 2.45. The fourth-order valence-corrected chi connectivity index (χ4v) is 2.63. The second-order valence-corrected chi connectivity index (χ2v) is 5.42. The summed E-state index contributed by atoms with van der Waals surface area (Å²) in [5, 5.41) is 8.06. The van der Waals surface area contributed by atoms with Crippen LogP contribution in [0.5, 0.6) is 0 Å². The Hall–Kier alpha value is -2.40. The Bertz CT molecular complexity index is 942. The van der Waals surface area contributed by atoms with E-state index in [0.29, 0.717) is 5.56 Å². The fraction of sp³-hybridized carbons (Fsp3) is 0.125. The van der Waals surface area contributed by atoms with E-state index in [1.54, 1.807) is 16.2 Å². The predicted molar refractivity (Wildman–Crippen MR) is 82.5 cm³/mol. The maximum atomic E-state index is 13.2. The molecule has 3 rings (SSSR count). The number of nitrogens with zero attached hydrogens (tertiary/aromatic N) is 2. The molecule has 1 heterocycles. The molecule has 0 bridgehead atoms. The molecule has 0 aliphatic rings. The second kappa shape index (κ2) is 5.42. The average Bonchev–Trinajstić information content (AvgIpc) is 2.75. The van der Waals surface area contributed by atoms with Crippen molar-refractivity contribution < 1.29 is 9.18 Å². The van der Waals surface area contributed by atoms with Crippen molar-refractivity contribution in [3.63, 3.8) is 0 Å². The minimum Gasteiger partial charge on any atom is -0.313 e. The molecule has 2 aromatic carbocycles. The van der Waals surface area contributed by atoms with Gasteiger partial charge in [-0.1, -0.05) is 23.7 Å². The molecule has 1 aromatic heterocycles. The molecule has 0 saturated carbocycles. The summed E-state index contributed by atoms with van der Waals surface area (Å²) < 4.78 is 16.5. The first-order chi connectivity index (χ1) is 10.5. The van der Waals surface area contributed by atoms with Crippen LogP contribution in [0.25, 0.3) is 11.0 Å². The molecule has 22 heavy (non-hydrogen) atoms. The average molecular weight is 318 g/mol. The predicted octanol–water partition coefficient (Wildman–Crippen LogP) is 3.13. The Morgan fingerprint density at radius 3 is 2.59 bits per heavy atom. The normalized spacial score (nSPS) is 11.0. The van der Waals surface area contributed by atoms with Gasteiger partial charge in [-0.05, 0) is 30.3 Å². The first kappa shape index (κ1) is 14.5. The van der Waals surface area contributed by atoms with Crippen molar-refractivity contribution in [1.29, 1.82) is 5.41 Å². The van der Waals surface area contributed by atoms with Gasteiger partial charge in [0, 0.05) is 12.6 Å². The Morgan fingerprint density at radius 1 is 1.23 bits per heavy atom. The third-order valence-electron chi connectivity index (χ3n) is 3.65. The highest BCUT2D eigenvalue weighted by atomic mass is 35.5. The molecule has 0 saturated heterocycles. The Morgan fingerprint density at radius 2 is 1.91 bits per heavy atom. The van der Waals surface area contributed by atoms with E-state index in [2.05, 4.69) is 0 Å². The van der Waals surface area contributed by atoms with Crippen LogP contribution in [0.3, 0.4) is 0 Å². The Kier molecular flexibility index (Phi) is 3.58. The summed E-state index contributed by atoms with van der Waals surface area (Å²) >= 11 is 5.72. The lowest BCUT2D eigenvalue weighted by Gasteiger charge is -2.05. The molecule has 0 fully saturated rings. The third-order valence-corrected chi connectivity index (χ3v) is 3.94. The number of aryl methyl sites for hydroxylation is 1. The zero-order valence-corrected chi connectivity index (χ0v) is 12.6. The highest BCUT2D eigenvalue weighted by molar-refractivity contribution is 6.31. The summed E-state index contributed by atoms with van der Waals surface area (Å²) in [6.45, 7) is 0.00213.